The van der Waals surface area contributed by atoms with Crippen molar-refractivity contribution in [2.45, 2.75) is 77.3 Å². The predicted octanol–water partition coefficient (Wildman–Crippen LogP) is 3.06. The highest BCUT2D eigenvalue weighted by Crippen LogP contribution is 2.39. The van der Waals surface area contributed by atoms with Gasteiger partial charge in [-0.05, 0) is 56.3 Å². The minimum absolute atomic E-state index is 0.262. The summed E-state index contributed by atoms with van der Waals surface area (Å²) in [6.07, 6.45) is 9.28. The van der Waals surface area contributed by atoms with Crippen molar-refractivity contribution in [2.75, 3.05) is 6.54 Å². The molecule has 100 valence electrons. The van der Waals surface area contributed by atoms with Crippen LogP contribution < -0.4 is 11.1 Å². The predicted molar refractivity (Wildman–Crippen MR) is 74.0 cm³/mol. The van der Waals surface area contributed by atoms with Crippen LogP contribution in [0.2, 0.25) is 0 Å². The molecular weight excluding hydrogens is 208 g/mol. The average molecular weight is 238 g/mol. The number of nitrogens with two attached hydrogens (primary N) is 1. The van der Waals surface area contributed by atoms with Gasteiger partial charge in [0.2, 0.25) is 0 Å². The van der Waals surface area contributed by atoms with E-state index in [9.17, 15) is 0 Å². The van der Waals surface area contributed by atoms with E-state index in [1.165, 1.54) is 44.9 Å². The van der Waals surface area contributed by atoms with Crippen molar-refractivity contribution in [2.24, 2.45) is 17.1 Å². The van der Waals surface area contributed by atoms with Gasteiger partial charge in [0.25, 0.3) is 0 Å². The second-order valence-corrected chi connectivity index (χ2v) is 7.42. The first-order valence-corrected chi connectivity index (χ1v) is 7.43. The SMILES string of the molecule is CC1CCC(CN)(NC2CCC(C)(C)C2)CC1. The van der Waals surface area contributed by atoms with Gasteiger partial charge in [-0.2, -0.15) is 0 Å². The molecule has 2 rings (SSSR count). The second kappa shape index (κ2) is 4.89. The summed E-state index contributed by atoms with van der Waals surface area (Å²) in [5, 5.41) is 3.93. The van der Waals surface area contributed by atoms with Crippen molar-refractivity contribution in [3.63, 3.8) is 0 Å². The van der Waals surface area contributed by atoms with E-state index in [4.69, 9.17) is 5.73 Å². The van der Waals surface area contributed by atoms with Crippen LogP contribution in [0.25, 0.3) is 0 Å². The van der Waals surface area contributed by atoms with Gasteiger partial charge in [0.1, 0.15) is 0 Å². The molecule has 2 heteroatoms. The first kappa shape index (κ1) is 13.4. The first-order chi connectivity index (χ1) is 7.95. The number of hydrogen-bond acceptors (Lipinski definition) is 2. The van der Waals surface area contributed by atoms with Crippen LogP contribution >= 0.6 is 0 Å². The highest BCUT2D eigenvalue weighted by atomic mass is 15.0. The Balaban J connectivity index is 1.91. The Kier molecular flexibility index (Phi) is 3.84. The third kappa shape index (κ3) is 3.23. The Morgan fingerprint density at radius 1 is 1.12 bits per heavy atom. The van der Waals surface area contributed by atoms with Gasteiger partial charge < -0.3 is 11.1 Å². The molecule has 0 amide bonds. The number of hydrogen-bond donors (Lipinski definition) is 2. The van der Waals surface area contributed by atoms with Crippen molar-refractivity contribution >= 4 is 0 Å². The molecule has 1 atom stereocenters. The van der Waals surface area contributed by atoms with Gasteiger partial charge in [-0.1, -0.05) is 20.8 Å². The Labute approximate surface area is 107 Å². The fourth-order valence-electron chi connectivity index (χ4n) is 3.71. The van der Waals surface area contributed by atoms with Gasteiger partial charge in [-0.25, -0.2) is 0 Å². The molecular formula is C15H30N2. The summed E-state index contributed by atoms with van der Waals surface area (Å²) in [5.41, 5.74) is 6.87. The molecule has 2 aliphatic rings. The molecule has 17 heavy (non-hydrogen) atoms. The lowest BCUT2D eigenvalue weighted by atomic mass is 9.76. The normalized spacial score (nSPS) is 41.6. The summed E-state index contributed by atoms with van der Waals surface area (Å²) in [6, 6.07) is 0.710. The Bertz CT molecular complexity index is 252. The molecule has 2 aliphatic carbocycles. The van der Waals surface area contributed by atoms with Gasteiger partial charge in [-0.3, -0.25) is 0 Å². The zero-order valence-electron chi connectivity index (χ0n) is 11.9. The summed E-state index contributed by atoms with van der Waals surface area (Å²) in [6.45, 7) is 7.98. The summed E-state index contributed by atoms with van der Waals surface area (Å²) < 4.78 is 0. The molecule has 0 aromatic rings. The Morgan fingerprint density at radius 3 is 2.24 bits per heavy atom. The van der Waals surface area contributed by atoms with E-state index in [0.717, 1.165) is 12.5 Å². The van der Waals surface area contributed by atoms with Crippen LogP contribution in [0.4, 0.5) is 0 Å². The summed E-state index contributed by atoms with van der Waals surface area (Å²) in [5.74, 6) is 0.900. The molecule has 2 nitrogen and oxygen atoms in total. The molecule has 0 bridgehead atoms. The maximum absolute atomic E-state index is 6.07. The van der Waals surface area contributed by atoms with Crippen LogP contribution in [0.15, 0.2) is 0 Å². The molecule has 1 unspecified atom stereocenters. The second-order valence-electron chi connectivity index (χ2n) is 7.42. The fraction of sp³-hybridized carbons (Fsp3) is 1.00. The maximum atomic E-state index is 6.07. The Hall–Kier alpha value is -0.0800. The number of rotatable bonds is 3. The molecule has 2 saturated carbocycles. The van der Waals surface area contributed by atoms with E-state index in [2.05, 4.69) is 26.1 Å². The molecule has 0 aromatic carbocycles. The molecule has 0 aliphatic heterocycles. The van der Waals surface area contributed by atoms with Gasteiger partial charge >= 0.3 is 0 Å². The molecule has 0 spiro atoms. The van der Waals surface area contributed by atoms with Crippen molar-refractivity contribution in [3.05, 3.63) is 0 Å². The summed E-state index contributed by atoms with van der Waals surface area (Å²) in [7, 11) is 0. The largest absolute Gasteiger partial charge is 0.329 e. The minimum Gasteiger partial charge on any atom is -0.329 e. The van der Waals surface area contributed by atoms with Crippen LogP contribution in [0.3, 0.4) is 0 Å². The topological polar surface area (TPSA) is 38.0 Å². The van der Waals surface area contributed by atoms with Crippen LogP contribution in [0.1, 0.15) is 65.7 Å². The molecule has 0 radical (unpaired) electrons. The van der Waals surface area contributed by atoms with Gasteiger partial charge in [0, 0.05) is 18.1 Å². The zero-order valence-corrected chi connectivity index (χ0v) is 11.9. The van der Waals surface area contributed by atoms with E-state index in [1.807, 2.05) is 0 Å². The molecule has 0 heterocycles. The Morgan fingerprint density at radius 2 is 1.76 bits per heavy atom. The van der Waals surface area contributed by atoms with Gasteiger partial charge in [0.05, 0.1) is 0 Å². The van der Waals surface area contributed by atoms with Crippen LogP contribution in [-0.2, 0) is 0 Å². The highest BCUT2D eigenvalue weighted by molar-refractivity contribution is 4.98. The van der Waals surface area contributed by atoms with E-state index in [0.29, 0.717) is 11.5 Å². The van der Waals surface area contributed by atoms with Gasteiger partial charge in [-0.15, -0.1) is 0 Å². The van der Waals surface area contributed by atoms with Crippen molar-refractivity contribution in [1.29, 1.82) is 0 Å². The fourth-order valence-corrected chi connectivity index (χ4v) is 3.71. The van der Waals surface area contributed by atoms with Crippen LogP contribution in [-0.4, -0.2) is 18.1 Å². The lowest BCUT2D eigenvalue weighted by molar-refractivity contribution is 0.179. The molecule has 0 saturated heterocycles. The molecule has 3 N–H and O–H groups in total. The van der Waals surface area contributed by atoms with Crippen molar-refractivity contribution < 1.29 is 0 Å². The van der Waals surface area contributed by atoms with Gasteiger partial charge in [0.15, 0.2) is 0 Å². The highest BCUT2D eigenvalue weighted by Gasteiger charge is 2.38. The molecule has 2 fully saturated rings. The van der Waals surface area contributed by atoms with Crippen LogP contribution in [0, 0.1) is 11.3 Å². The van der Waals surface area contributed by atoms with Crippen LogP contribution in [0.5, 0.6) is 0 Å². The third-order valence-corrected chi connectivity index (χ3v) is 5.10. The summed E-state index contributed by atoms with van der Waals surface area (Å²) in [4.78, 5) is 0. The van der Waals surface area contributed by atoms with E-state index >= 15 is 0 Å². The smallest absolute Gasteiger partial charge is 0.0306 e. The lowest BCUT2D eigenvalue weighted by Crippen LogP contribution is -2.56. The average Bonchev–Trinajstić information content (AvgIpc) is 2.62. The first-order valence-electron chi connectivity index (χ1n) is 7.43. The summed E-state index contributed by atoms with van der Waals surface area (Å²) >= 11 is 0. The number of nitrogens with one attached hydrogen (secondary N) is 1. The van der Waals surface area contributed by atoms with Crippen molar-refractivity contribution in [3.8, 4) is 0 Å². The molecule has 0 aromatic heterocycles. The standard InChI is InChI=1S/C15H30N2/c1-12-4-8-15(11-16,9-5-12)17-13-6-7-14(2,3)10-13/h12-13,17H,4-11,16H2,1-3H3. The quantitative estimate of drug-likeness (QED) is 0.793. The zero-order chi connectivity index (χ0) is 12.5. The minimum atomic E-state index is 0.262. The monoisotopic (exact) mass is 238 g/mol. The lowest BCUT2D eigenvalue weighted by Gasteiger charge is -2.41. The van der Waals surface area contributed by atoms with E-state index in [1.54, 1.807) is 0 Å². The van der Waals surface area contributed by atoms with E-state index in [-0.39, 0.29) is 5.54 Å². The maximum Gasteiger partial charge on any atom is 0.0306 e. The van der Waals surface area contributed by atoms with E-state index < -0.39 is 0 Å². The van der Waals surface area contributed by atoms with Crippen molar-refractivity contribution in [1.82, 2.24) is 5.32 Å². The third-order valence-electron chi connectivity index (χ3n) is 5.10.